The molecule has 0 aromatic rings. The van der Waals surface area contributed by atoms with Crippen LogP contribution in [0.4, 0.5) is 0 Å². The minimum Gasteiger partial charge on any atom is -0.120 e. The molecular formula is C17H38. The maximum absolute atomic E-state index is 5.01. The lowest BCUT2D eigenvalue weighted by Gasteiger charge is -1.85. The Morgan fingerprint density at radius 2 is 1.18 bits per heavy atom. The van der Waals surface area contributed by atoms with Crippen LogP contribution in [0.3, 0.4) is 0 Å². The molecule has 0 bridgehead atoms. The van der Waals surface area contributed by atoms with E-state index >= 15 is 0 Å². The van der Waals surface area contributed by atoms with Crippen molar-refractivity contribution in [1.29, 1.82) is 0 Å². The van der Waals surface area contributed by atoms with E-state index in [2.05, 4.69) is 19.1 Å². The Hall–Kier alpha value is -0.960. The van der Waals surface area contributed by atoms with Crippen LogP contribution in [0.15, 0.2) is 24.8 Å². The summed E-state index contributed by atoms with van der Waals surface area (Å²) in [6, 6.07) is 0. The molecule has 0 atom stereocenters. The van der Waals surface area contributed by atoms with Gasteiger partial charge in [0.2, 0.25) is 0 Å². The van der Waals surface area contributed by atoms with Crippen LogP contribution >= 0.6 is 0 Å². The summed E-state index contributed by atoms with van der Waals surface area (Å²) in [7, 11) is 0. The van der Waals surface area contributed by atoms with Crippen LogP contribution in [0.25, 0.3) is 0 Å². The fourth-order valence-electron chi connectivity index (χ4n) is 0.263. The molecule has 0 radical (unpaired) electrons. The highest BCUT2D eigenvalue weighted by Gasteiger charge is 1.76. The van der Waals surface area contributed by atoms with Crippen LogP contribution in [0.2, 0.25) is 0 Å². The summed E-state index contributed by atoms with van der Waals surface area (Å²) < 4.78 is 0. The first-order chi connectivity index (χ1) is 8.31. The lowest BCUT2D eigenvalue weighted by molar-refractivity contribution is 1.24. The highest BCUT2D eigenvalue weighted by atomic mass is 13.8. The predicted molar refractivity (Wildman–Crippen MR) is 89.5 cm³/mol. The number of hydrogen-bond acceptors (Lipinski definition) is 0. The predicted octanol–water partition coefficient (Wildman–Crippen LogP) is 6.88. The van der Waals surface area contributed by atoms with E-state index in [0.717, 1.165) is 6.42 Å². The second-order valence-electron chi connectivity index (χ2n) is 1.52. The third kappa shape index (κ3) is 157. The maximum atomic E-state index is 5.01. The van der Waals surface area contributed by atoms with Crippen molar-refractivity contribution in [2.45, 2.75) is 75.7 Å². The first-order valence-electron chi connectivity index (χ1n) is 6.86. The number of terminal acetylenes is 1. The molecular weight excluding hydrogens is 204 g/mol. The van der Waals surface area contributed by atoms with E-state index < -0.39 is 0 Å². The van der Waals surface area contributed by atoms with Gasteiger partial charge in [-0.3, -0.25) is 0 Å². The zero-order valence-electron chi connectivity index (χ0n) is 14.3. The van der Waals surface area contributed by atoms with E-state index in [4.69, 9.17) is 6.42 Å². The van der Waals surface area contributed by atoms with E-state index in [0.29, 0.717) is 0 Å². The lowest BCUT2D eigenvalue weighted by Crippen LogP contribution is -1.67. The van der Waals surface area contributed by atoms with Crippen molar-refractivity contribution in [1.82, 2.24) is 0 Å². The van der Waals surface area contributed by atoms with Crippen LogP contribution in [0.5, 0.6) is 0 Å². The molecule has 106 valence electrons. The molecule has 0 fully saturated rings. The van der Waals surface area contributed by atoms with E-state index in [1.54, 1.807) is 0 Å². The summed E-state index contributed by atoms with van der Waals surface area (Å²) in [5.41, 5.74) is 1.27. The molecule has 0 N–H and O–H groups in total. The van der Waals surface area contributed by atoms with Gasteiger partial charge in [0.1, 0.15) is 0 Å². The van der Waals surface area contributed by atoms with Crippen molar-refractivity contribution >= 4 is 0 Å². The molecule has 0 spiro atoms. The minimum atomic E-state index is 0.788. The molecule has 0 nitrogen and oxygen atoms in total. The van der Waals surface area contributed by atoms with Crippen molar-refractivity contribution in [2.24, 2.45) is 0 Å². The Kier molecular flexibility index (Phi) is 247. The summed E-state index contributed by atoms with van der Waals surface area (Å²) in [4.78, 5) is 0. The fraction of sp³-hybridized carbons (Fsp3) is 0.647. The molecule has 0 saturated carbocycles. The van der Waals surface area contributed by atoms with Gasteiger partial charge in [0.25, 0.3) is 0 Å². The van der Waals surface area contributed by atoms with Crippen molar-refractivity contribution in [3.63, 3.8) is 0 Å². The first-order valence-corrected chi connectivity index (χ1v) is 6.86. The molecule has 0 amide bonds. The molecule has 0 aliphatic carbocycles. The number of hydrogen-bond donors (Lipinski definition) is 0. The summed E-state index contributed by atoms with van der Waals surface area (Å²) in [5, 5.41) is 0. The maximum Gasteiger partial charge on any atom is 0.0293 e. The summed E-state index contributed by atoms with van der Waals surface area (Å²) >= 11 is 0. The quantitative estimate of drug-likeness (QED) is 0.347. The van der Waals surface area contributed by atoms with Crippen molar-refractivity contribution in [2.75, 3.05) is 0 Å². The van der Waals surface area contributed by atoms with Gasteiger partial charge in [-0.25, -0.2) is 0 Å². The normalized spacial score (nSPS) is 6.06. The Balaban J connectivity index is -0.0000000257. The second kappa shape index (κ2) is 117. The topological polar surface area (TPSA) is 0 Å². The van der Waals surface area contributed by atoms with Crippen LogP contribution in [0.1, 0.15) is 75.7 Å². The molecule has 0 unspecified atom stereocenters. The highest BCUT2D eigenvalue weighted by molar-refractivity contribution is 5.05. The molecule has 0 heterocycles. The second-order valence-corrected chi connectivity index (χ2v) is 1.52. The smallest absolute Gasteiger partial charge is 0.0293 e. The monoisotopic (exact) mass is 242 g/mol. The highest BCUT2D eigenvalue weighted by Crippen LogP contribution is 1.94. The Morgan fingerprint density at radius 3 is 1.24 bits per heavy atom. The van der Waals surface area contributed by atoms with Gasteiger partial charge in [0.15, 0.2) is 0 Å². The third-order valence-corrected chi connectivity index (χ3v) is 0.874. The standard InChI is InChI=1S/C7H10.4C2H6.C2H4/c1-4-6-7(3)5-2;5*1-2/h1,5H,6H2,2-3H3;4*1-2H3;1-2H2/b7-5-;;;;;. The molecule has 0 heteroatoms. The minimum absolute atomic E-state index is 0.788. The fourth-order valence-corrected chi connectivity index (χ4v) is 0.263. The van der Waals surface area contributed by atoms with Crippen LogP contribution in [-0.4, -0.2) is 0 Å². The van der Waals surface area contributed by atoms with Crippen molar-refractivity contribution < 1.29 is 0 Å². The van der Waals surface area contributed by atoms with Gasteiger partial charge in [-0.2, -0.15) is 0 Å². The van der Waals surface area contributed by atoms with E-state index in [1.807, 2.05) is 75.3 Å². The summed E-state index contributed by atoms with van der Waals surface area (Å²) in [6.45, 7) is 26.0. The van der Waals surface area contributed by atoms with E-state index in [1.165, 1.54) is 5.57 Å². The van der Waals surface area contributed by atoms with Crippen molar-refractivity contribution in [3.8, 4) is 12.3 Å². The van der Waals surface area contributed by atoms with E-state index in [9.17, 15) is 0 Å². The zero-order chi connectivity index (χ0) is 15.7. The third-order valence-electron chi connectivity index (χ3n) is 0.874. The lowest BCUT2D eigenvalue weighted by atomic mass is 10.2. The first kappa shape index (κ1) is 36.0. The van der Waals surface area contributed by atoms with Gasteiger partial charge in [-0.1, -0.05) is 67.0 Å². The molecule has 0 saturated heterocycles. The molecule has 0 aromatic heterocycles. The Bertz CT molecular complexity index is 112. The van der Waals surface area contributed by atoms with Crippen molar-refractivity contribution in [3.05, 3.63) is 24.8 Å². The Labute approximate surface area is 113 Å². The SMILES string of the molecule is C#CC/C(C)=C\C.C=C.CC.CC.CC.CC. The van der Waals surface area contributed by atoms with Gasteiger partial charge in [0, 0.05) is 6.42 Å². The van der Waals surface area contributed by atoms with Crippen LogP contribution < -0.4 is 0 Å². The zero-order valence-corrected chi connectivity index (χ0v) is 14.3. The van der Waals surface area contributed by atoms with Gasteiger partial charge in [-0.05, 0) is 13.8 Å². The molecule has 0 aliphatic heterocycles. The largest absolute Gasteiger partial charge is 0.120 e. The van der Waals surface area contributed by atoms with Gasteiger partial charge in [-0.15, -0.1) is 25.5 Å². The molecule has 17 heavy (non-hydrogen) atoms. The average molecular weight is 242 g/mol. The Morgan fingerprint density at radius 1 is 0.941 bits per heavy atom. The number of allylic oxidation sites excluding steroid dienone is 2. The van der Waals surface area contributed by atoms with Gasteiger partial charge in [0.05, 0.1) is 0 Å². The molecule has 0 aromatic carbocycles. The van der Waals surface area contributed by atoms with Crippen LogP contribution in [-0.2, 0) is 0 Å². The van der Waals surface area contributed by atoms with Gasteiger partial charge < -0.3 is 0 Å². The molecule has 0 aliphatic rings. The average Bonchev–Trinajstić information content (AvgIpc) is 2.49. The van der Waals surface area contributed by atoms with Crippen LogP contribution in [0, 0.1) is 12.3 Å². The number of rotatable bonds is 1. The van der Waals surface area contributed by atoms with E-state index in [-0.39, 0.29) is 0 Å². The summed E-state index contributed by atoms with van der Waals surface area (Å²) in [6.07, 6.45) is 7.83. The summed E-state index contributed by atoms with van der Waals surface area (Å²) in [5.74, 6) is 2.55. The molecule has 0 rings (SSSR count). The van der Waals surface area contributed by atoms with Gasteiger partial charge >= 0.3 is 0 Å².